The van der Waals surface area contributed by atoms with Gasteiger partial charge < -0.3 is 24.2 Å². The third kappa shape index (κ3) is 50.6. The van der Waals surface area contributed by atoms with Crippen molar-refractivity contribution in [2.45, 2.75) is 290 Å². The first kappa shape index (κ1) is 67.7. The number of aliphatic hydroxyl groups excluding tert-OH is 1. The van der Waals surface area contributed by atoms with Gasteiger partial charge in [-0.2, -0.15) is 0 Å². The van der Waals surface area contributed by atoms with Crippen LogP contribution < -0.4 is 0 Å². The number of ether oxygens (including phenoxy) is 3. The number of hydrogen-bond donors (Lipinski definition) is 2. The summed E-state index contributed by atoms with van der Waals surface area (Å²) in [7, 11) is -4.74. The van der Waals surface area contributed by atoms with Crippen molar-refractivity contribution in [1.82, 2.24) is 0 Å². The summed E-state index contributed by atoms with van der Waals surface area (Å²) >= 11 is 0. The predicted octanol–water partition coefficient (Wildman–Crippen LogP) is 16.8. The number of aliphatic hydroxyl groups is 1. The first-order valence-electron chi connectivity index (χ1n) is 28.9. The van der Waals surface area contributed by atoms with E-state index in [1.54, 1.807) is 0 Å². The highest BCUT2D eigenvalue weighted by Gasteiger charge is 2.28. The van der Waals surface area contributed by atoms with Gasteiger partial charge in [0.05, 0.1) is 19.8 Å². The van der Waals surface area contributed by atoms with Crippen molar-refractivity contribution in [3.05, 3.63) is 36.5 Å². The molecule has 3 atom stereocenters. The van der Waals surface area contributed by atoms with E-state index in [1.165, 1.54) is 116 Å². The van der Waals surface area contributed by atoms with E-state index < -0.39 is 57.8 Å². The summed E-state index contributed by atoms with van der Waals surface area (Å²) < 4.78 is 39.5. The number of esters is 3. The van der Waals surface area contributed by atoms with E-state index in [0.717, 1.165) is 103 Å². The second-order valence-corrected chi connectivity index (χ2v) is 20.9. The zero-order valence-electron chi connectivity index (χ0n) is 45.2. The molecule has 0 saturated heterocycles. The van der Waals surface area contributed by atoms with Crippen molar-refractivity contribution < 1.29 is 52.2 Å². The SMILES string of the molecule is CCCC/C=C\CCCCCCCC(=O)OCC(COP(=O)(O)OCC(CO)OC(=O)CCCCCCC/C=C\C/C=C\CCCCC)OC(=O)CCCCCCCCCCCCCCCCCCC. The maximum Gasteiger partial charge on any atom is 0.472 e. The van der Waals surface area contributed by atoms with Gasteiger partial charge in [0.25, 0.3) is 0 Å². The van der Waals surface area contributed by atoms with Crippen molar-refractivity contribution in [1.29, 1.82) is 0 Å². The first-order chi connectivity index (χ1) is 34.2. The van der Waals surface area contributed by atoms with Crippen molar-refractivity contribution in [3.8, 4) is 0 Å². The van der Waals surface area contributed by atoms with Gasteiger partial charge >= 0.3 is 25.7 Å². The fraction of sp³-hybridized carbons (Fsp3) is 0.845. The van der Waals surface area contributed by atoms with Crippen LogP contribution in [0, 0.1) is 0 Å². The normalized spacial score (nSPS) is 13.6. The average Bonchev–Trinajstić information content (AvgIpc) is 3.35. The molecule has 0 fully saturated rings. The van der Waals surface area contributed by atoms with E-state index in [0.29, 0.717) is 19.3 Å². The Bertz CT molecular complexity index is 1320. The summed E-state index contributed by atoms with van der Waals surface area (Å²) in [5.41, 5.74) is 0. The van der Waals surface area contributed by atoms with Gasteiger partial charge in [-0.15, -0.1) is 0 Å². The fourth-order valence-corrected chi connectivity index (χ4v) is 8.86. The molecule has 0 aromatic heterocycles. The van der Waals surface area contributed by atoms with Crippen LogP contribution in [-0.4, -0.2) is 66.5 Å². The lowest BCUT2D eigenvalue weighted by molar-refractivity contribution is -0.161. The van der Waals surface area contributed by atoms with Crippen LogP contribution in [0.2, 0.25) is 0 Å². The molecule has 0 aromatic rings. The Labute approximate surface area is 429 Å². The van der Waals surface area contributed by atoms with Crippen LogP contribution in [0.3, 0.4) is 0 Å². The van der Waals surface area contributed by atoms with Gasteiger partial charge in [-0.1, -0.05) is 224 Å². The molecule has 0 spiro atoms. The molecule has 0 aromatic carbocycles. The molecular weight excluding hydrogens is 904 g/mol. The minimum absolute atomic E-state index is 0.163. The van der Waals surface area contributed by atoms with Crippen LogP contribution in [-0.2, 0) is 42.2 Å². The quantitative estimate of drug-likeness (QED) is 0.0197. The number of hydrogen-bond acceptors (Lipinski definition) is 10. The maximum atomic E-state index is 12.9. The molecule has 0 radical (unpaired) electrons. The Morgan fingerprint density at radius 1 is 0.400 bits per heavy atom. The Balaban J connectivity index is 4.67. The number of carbonyl (C=O) groups is 3. The molecule has 0 amide bonds. The van der Waals surface area contributed by atoms with Gasteiger partial charge in [-0.05, 0) is 70.6 Å². The number of phosphoric acid groups is 1. The Morgan fingerprint density at radius 2 is 0.714 bits per heavy atom. The van der Waals surface area contributed by atoms with Crippen LogP contribution in [0.15, 0.2) is 36.5 Å². The smallest absolute Gasteiger partial charge is 0.462 e. The van der Waals surface area contributed by atoms with Crippen molar-refractivity contribution >= 4 is 25.7 Å². The monoisotopic (exact) mass is 1010 g/mol. The lowest BCUT2D eigenvalue weighted by atomic mass is 10.0. The number of unbranched alkanes of at least 4 members (excludes halogenated alkanes) is 31. The minimum atomic E-state index is -4.74. The predicted molar refractivity (Wildman–Crippen MR) is 289 cm³/mol. The Kier molecular flexibility index (Phi) is 51.3. The molecule has 0 aliphatic rings. The molecule has 70 heavy (non-hydrogen) atoms. The first-order valence-corrected chi connectivity index (χ1v) is 30.4. The van der Waals surface area contributed by atoms with Gasteiger partial charge in [-0.25, -0.2) is 4.57 Å². The van der Waals surface area contributed by atoms with Gasteiger partial charge in [-0.3, -0.25) is 23.4 Å². The lowest BCUT2D eigenvalue weighted by Gasteiger charge is -2.21. The molecule has 0 bridgehead atoms. The van der Waals surface area contributed by atoms with Gasteiger partial charge in [0.1, 0.15) is 12.7 Å². The maximum absolute atomic E-state index is 12.9. The standard InChI is InChI=1S/C58H107O11P/c1-4-7-10-13-16-19-22-24-26-27-29-31-34-37-40-43-46-49-58(62)69-55(51-65-56(60)47-44-41-38-35-32-21-18-15-12-9-6-3)53-67-70(63,64)66-52-54(50-59)68-57(61)48-45-42-39-36-33-30-28-25-23-20-17-14-11-8-5-2/h15,17-18,20,25,28,54-55,59H,4-14,16,19,21-24,26-27,29-53H2,1-3H3,(H,63,64)/b18-15-,20-17-,28-25-. The largest absolute Gasteiger partial charge is 0.472 e. The molecule has 12 heteroatoms. The van der Waals surface area contributed by atoms with Crippen LogP contribution in [0.25, 0.3) is 0 Å². The number of carbonyl (C=O) groups excluding carboxylic acids is 3. The third-order valence-electron chi connectivity index (χ3n) is 12.5. The molecule has 410 valence electrons. The number of allylic oxidation sites excluding steroid dienone is 6. The van der Waals surface area contributed by atoms with E-state index in [9.17, 15) is 28.9 Å². The molecule has 2 N–H and O–H groups in total. The molecule has 0 aliphatic heterocycles. The summed E-state index contributed by atoms with van der Waals surface area (Å²) in [4.78, 5) is 48.4. The van der Waals surface area contributed by atoms with Gasteiger partial charge in [0, 0.05) is 19.3 Å². The Morgan fingerprint density at radius 3 is 1.14 bits per heavy atom. The molecule has 0 heterocycles. The van der Waals surface area contributed by atoms with E-state index >= 15 is 0 Å². The van der Waals surface area contributed by atoms with E-state index in [1.807, 2.05) is 0 Å². The highest BCUT2D eigenvalue weighted by atomic mass is 31.2. The van der Waals surface area contributed by atoms with E-state index in [2.05, 4.69) is 57.2 Å². The average molecular weight is 1010 g/mol. The highest BCUT2D eigenvalue weighted by Crippen LogP contribution is 2.43. The van der Waals surface area contributed by atoms with Crippen molar-refractivity contribution in [2.75, 3.05) is 26.4 Å². The van der Waals surface area contributed by atoms with E-state index in [-0.39, 0.29) is 25.9 Å². The van der Waals surface area contributed by atoms with E-state index in [4.69, 9.17) is 23.3 Å². The zero-order valence-corrected chi connectivity index (χ0v) is 46.1. The highest BCUT2D eigenvalue weighted by molar-refractivity contribution is 7.47. The minimum Gasteiger partial charge on any atom is -0.462 e. The number of phosphoric ester groups is 1. The van der Waals surface area contributed by atoms with Crippen LogP contribution >= 0.6 is 7.82 Å². The summed E-state index contributed by atoms with van der Waals surface area (Å²) in [6.45, 7) is 4.59. The summed E-state index contributed by atoms with van der Waals surface area (Å²) in [5.74, 6) is -1.47. The second kappa shape index (κ2) is 53.0. The molecule has 3 unspecified atom stereocenters. The number of rotatable bonds is 54. The summed E-state index contributed by atoms with van der Waals surface area (Å²) in [6.07, 6.45) is 53.9. The van der Waals surface area contributed by atoms with Crippen LogP contribution in [0.4, 0.5) is 0 Å². The van der Waals surface area contributed by atoms with Gasteiger partial charge in [0.2, 0.25) is 0 Å². The lowest BCUT2D eigenvalue weighted by Crippen LogP contribution is -2.30. The fourth-order valence-electron chi connectivity index (χ4n) is 8.07. The summed E-state index contributed by atoms with van der Waals surface area (Å²) in [5, 5.41) is 9.80. The van der Waals surface area contributed by atoms with Crippen LogP contribution in [0.5, 0.6) is 0 Å². The molecule has 0 aliphatic carbocycles. The Hall–Kier alpha value is -2.30. The second-order valence-electron chi connectivity index (χ2n) is 19.5. The zero-order chi connectivity index (χ0) is 51.3. The third-order valence-corrected chi connectivity index (χ3v) is 13.5. The van der Waals surface area contributed by atoms with Gasteiger partial charge in [0.15, 0.2) is 6.10 Å². The van der Waals surface area contributed by atoms with Crippen molar-refractivity contribution in [3.63, 3.8) is 0 Å². The molecular formula is C58H107O11P. The molecule has 0 saturated carbocycles. The molecule has 0 rings (SSSR count). The van der Waals surface area contributed by atoms with Crippen molar-refractivity contribution in [2.24, 2.45) is 0 Å². The topological polar surface area (TPSA) is 155 Å². The molecule has 11 nitrogen and oxygen atoms in total. The van der Waals surface area contributed by atoms with Crippen LogP contribution in [0.1, 0.15) is 278 Å². The summed E-state index contributed by atoms with van der Waals surface area (Å²) in [6, 6.07) is 0.